The van der Waals surface area contributed by atoms with E-state index in [9.17, 15) is 4.79 Å². The highest BCUT2D eigenvalue weighted by atomic mass is 16.6. The lowest BCUT2D eigenvalue weighted by Gasteiger charge is -2.29. The molecular weight excluding hydrogens is 510 g/mol. The lowest BCUT2D eigenvalue weighted by molar-refractivity contribution is -0.0113. The van der Waals surface area contributed by atoms with Gasteiger partial charge in [0.05, 0.1) is 24.9 Å². The third-order valence-electron chi connectivity index (χ3n) is 7.65. The Kier molecular flexibility index (Phi) is 8.39. The van der Waals surface area contributed by atoms with Crippen molar-refractivity contribution >= 4 is 6.09 Å². The zero-order chi connectivity index (χ0) is 28.3. The molecule has 1 aromatic carbocycles. The van der Waals surface area contributed by atoms with Gasteiger partial charge >= 0.3 is 6.09 Å². The fourth-order valence-electron chi connectivity index (χ4n) is 5.50. The molecule has 2 aromatic heterocycles. The van der Waals surface area contributed by atoms with E-state index < -0.39 is 11.7 Å². The lowest BCUT2D eigenvalue weighted by Crippen LogP contribution is -2.43. The second-order valence-corrected chi connectivity index (χ2v) is 12.0. The predicted octanol–water partition coefficient (Wildman–Crippen LogP) is 4.94. The zero-order valence-electron chi connectivity index (χ0n) is 24.2. The first kappa shape index (κ1) is 28.1. The van der Waals surface area contributed by atoms with Crippen LogP contribution in [0.5, 0.6) is 5.75 Å². The number of hydrogen-bond acceptors (Lipinski definition) is 8. The first-order valence-electron chi connectivity index (χ1n) is 14.2. The highest BCUT2D eigenvalue weighted by Gasteiger charge is 2.30. The Bertz CT molecular complexity index is 1280. The fourth-order valence-corrected chi connectivity index (χ4v) is 5.50. The number of alkyl carbamates (subject to hydrolysis) is 1. The van der Waals surface area contributed by atoms with Crippen molar-refractivity contribution in [3.05, 3.63) is 53.4 Å². The van der Waals surface area contributed by atoms with E-state index >= 15 is 0 Å². The maximum Gasteiger partial charge on any atom is 0.407 e. The second-order valence-electron chi connectivity index (χ2n) is 12.0. The van der Waals surface area contributed by atoms with E-state index in [4.69, 9.17) is 14.2 Å². The van der Waals surface area contributed by atoms with E-state index in [-0.39, 0.29) is 12.1 Å². The number of carbonyl (C=O) groups excluding carboxylic acids is 1. The van der Waals surface area contributed by atoms with E-state index in [2.05, 4.69) is 43.4 Å². The molecule has 1 saturated heterocycles. The first-order valence-corrected chi connectivity index (χ1v) is 14.2. The number of hydrogen-bond donors (Lipinski definition) is 1. The van der Waals surface area contributed by atoms with E-state index in [1.807, 2.05) is 56.9 Å². The van der Waals surface area contributed by atoms with E-state index in [0.717, 1.165) is 61.6 Å². The molecule has 216 valence electrons. The van der Waals surface area contributed by atoms with Crippen LogP contribution in [0.3, 0.4) is 0 Å². The van der Waals surface area contributed by atoms with Gasteiger partial charge in [-0.1, -0.05) is 17.3 Å². The van der Waals surface area contributed by atoms with Crippen molar-refractivity contribution in [2.45, 2.75) is 103 Å². The van der Waals surface area contributed by atoms with Crippen LogP contribution in [0, 0.1) is 6.92 Å². The van der Waals surface area contributed by atoms with Crippen LogP contribution in [-0.4, -0.2) is 54.1 Å². The Labute approximate surface area is 235 Å². The maximum atomic E-state index is 12.1. The van der Waals surface area contributed by atoms with Gasteiger partial charge in [-0.15, -0.1) is 15.3 Å². The van der Waals surface area contributed by atoms with Gasteiger partial charge in [-0.25, -0.2) is 9.48 Å². The molecule has 0 unspecified atom stereocenters. The Morgan fingerprint density at radius 3 is 2.60 bits per heavy atom. The minimum absolute atomic E-state index is 0.0633. The molecule has 3 aromatic rings. The quantitative estimate of drug-likeness (QED) is 0.439. The molecule has 1 amide bonds. The molecule has 1 aliphatic carbocycles. The van der Waals surface area contributed by atoms with Crippen molar-refractivity contribution in [3.63, 3.8) is 0 Å². The minimum Gasteiger partial charge on any atom is -0.486 e. The van der Waals surface area contributed by atoms with Crippen molar-refractivity contribution in [2.75, 3.05) is 6.61 Å². The summed E-state index contributed by atoms with van der Waals surface area (Å²) in [6.45, 7) is 8.43. The van der Waals surface area contributed by atoms with Gasteiger partial charge in [0.15, 0.2) is 5.82 Å². The Morgan fingerprint density at radius 2 is 1.90 bits per heavy atom. The number of aromatic nitrogens is 6. The van der Waals surface area contributed by atoms with Crippen LogP contribution < -0.4 is 10.1 Å². The molecule has 3 heterocycles. The Morgan fingerprint density at radius 1 is 1.10 bits per heavy atom. The normalized spacial score (nSPS) is 23.5. The maximum absolute atomic E-state index is 12.1. The SMILES string of the molecule is Cc1cccc(OCc2nnc(C3CCC(n4cc([C@@H]5CC[C@@H](NC(=O)OC(C)(C)C)CO5)nn4)CC3)n2C)c1. The minimum atomic E-state index is -0.520. The zero-order valence-corrected chi connectivity index (χ0v) is 24.2. The number of nitrogens with one attached hydrogen (secondary N) is 1. The topological polar surface area (TPSA) is 118 Å². The molecule has 0 radical (unpaired) electrons. The van der Waals surface area contributed by atoms with Gasteiger partial charge in [-0.05, 0) is 83.9 Å². The summed E-state index contributed by atoms with van der Waals surface area (Å²) in [6.07, 6.45) is 7.12. The Balaban J connectivity index is 1.09. The van der Waals surface area contributed by atoms with Crippen molar-refractivity contribution in [1.29, 1.82) is 0 Å². The highest BCUT2D eigenvalue weighted by Crippen LogP contribution is 2.37. The molecule has 1 saturated carbocycles. The number of ether oxygens (including phenoxy) is 3. The standard InChI is InChI=1S/C29H41N7O4/c1-19-7-6-8-23(15-19)38-18-26-32-33-27(35(26)5)20-9-12-22(13-10-20)36-16-24(31-34-36)25-14-11-21(17-39-25)30-28(37)40-29(2,3)4/h6-8,15-16,20-22,25H,9-14,17-18H2,1-5H3,(H,30,37)/t20?,21-,22?,25+/m1/s1. The van der Waals surface area contributed by atoms with Crippen LogP contribution in [0.25, 0.3) is 0 Å². The average molecular weight is 552 g/mol. The van der Waals surface area contributed by atoms with Crippen LogP contribution in [-0.2, 0) is 23.1 Å². The Hall–Kier alpha value is -3.47. The number of nitrogens with zero attached hydrogens (tertiary/aromatic N) is 6. The van der Waals surface area contributed by atoms with Crippen LogP contribution in [0.2, 0.25) is 0 Å². The monoisotopic (exact) mass is 551 g/mol. The van der Waals surface area contributed by atoms with Crippen molar-refractivity contribution in [2.24, 2.45) is 7.05 Å². The van der Waals surface area contributed by atoms with Gasteiger partial charge in [0.2, 0.25) is 0 Å². The van der Waals surface area contributed by atoms with Crippen molar-refractivity contribution in [1.82, 2.24) is 35.1 Å². The third kappa shape index (κ3) is 6.99. The van der Waals surface area contributed by atoms with Crippen molar-refractivity contribution in [3.8, 4) is 5.75 Å². The molecule has 11 heteroatoms. The number of amides is 1. The molecule has 40 heavy (non-hydrogen) atoms. The van der Waals surface area contributed by atoms with Gasteiger partial charge in [0, 0.05) is 13.0 Å². The number of carbonyl (C=O) groups is 1. The second kappa shape index (κ2) is 12.0. The van der Waals surface area contributed by atoms with E-state index in [1.165, 1.54) is 5.56 Å². The molecule has 0 bridgehead atoms. The summed E-state index contributed by atoms with van der Waals surface area (Å²) < 4.78 is 21.4. The lowest BCUT2D eigenvalue weighted by atomic mass is 9.85. The largest absolute Gasteiger partial charge is 0.486 e. The first-order chi connectivity index (χ1) is 19.1. The molecule has 2 aliphatic rings. The predicted molar refractivity (Wildman–Crippen MR) is 148 cm³/mol. The molecular formula is C29H41N7O4. The van der Waals surface area contributed by atoms with E-state index in [0.29, 0.717) is 25.2 Å². The van der Waals surface area contributed by atoms with Crippen LogP contribution in [0.1, 0.15) is 100 Å². The van der Waals surface area contributed by atoms with Gasteiger partial charge in [-0.2, -0.15) is 0 Å². The average Bonchev–Trinajstić information content (AvgIpc) is 3.54. The van der Waals surface area contributed by atoms with Gasteiger partial charge in [0.1, 0.15) is 35.6 Å². The van der Waals surface area contributed by atoms with Gasteiger partial charge < -0.3 is 24.1 Å². The van der Waals surface area contributed by atoms with Crippen LogP contribution >= 0.6 is 0 Å². The number of benzene rings is 1. The van der Waals surface area contributed by atoms with Gasteiger partial charge in [0.25, 0.3) is 0 Å². The van der Waals surface area contributed by atoms with E-state index in [1.54, 1.807) is 0 Å². The van der Waals surface area contributed by atoms with Crippen LogP contribution in [0.4, 0.5) is 4.79 Å². The molecule has 0 spiro atoms. The van der Waals surface area contributed by atoms with Crippen LogP contribution in [0.15, 0.2) is 30.5 Å². The molecule has 2 atom stereocenters. The fraction of sp³-hybridized carbons (Fsp3) is 0.621. The molecule has 1 aliphatic heterocycles. The van der Waals surface area contributed by atoms with Gasteiger partial charge in [-0.3, -0.25) is 0 Å². The highest BCUT2D eigenvalue weighted by molar-refractivity contribution is 5.68. The summed E-state index contributed by atoms with van der Waals surface area (Å²) in [5.41, 5.74) is 1.50. The molecule has 1 N–H and O–H groups in total. The summed E-state index contributed by atoms with van der Waals surface area (Å²) in [7, 11) is 2.03. The third-order valence-corrected chi connectivity index (χ3v) is 7.65. The summed E-state index contributed by atoms with van der Waals surface area (Å²) in [4.78, 5) is 12.1. The summed E-state index contributed by atoms with van der Waals surface area (Å²) in [5, 5.41) is 20.7. The number of aryl methyl sites for hydroxylation is 1. The molecule has 11 nitrogen and oxygen atoms in total. The molecule has 2 fully saturated rings. The number of rotatable bonds is 7. The summed E-state index contributed by atoms with van der Waals surface area (Å²) in [6, 6.07) is 8.27. The summed E-state index contributed by atoms with van der Waals surface area (Å²) >= 11 is 0. The smallest absolute Gasteiger partial charge is 0.407 e. The molecule has 5 rings (SSSR count). The van der Waals surface area contributed by atoms with Crippen molar-refractivity contribution < 1.29 is 19.0 Å². The summed E-state index contributed by atoms with van der Waals surface area (Å²) in [5.74, 6) is 3.05.